The summed E-state index contributed by atoms with van der Waals surface area (Å²) in [5.74, 6) is 0.257. The highest BCUT2D eigenvalue weighted by Crippen LogP contribution is 2.38. The molecular formula is C25H24ClN3O3. The van der Waals surface area contributed by atoms with Crippen molar-refractivity contribution in [3.05, 3.63) is 65.4 Å². The molecule has 0 atom stereocenters. The molecule has 4 rings (SSSR count). The van der Waals surface area contributed by atoms with E-state index in [1.54, 1.807) is 24.5 Å². The number of piperidine rings is 1. The van der Waals surface area contributed by atoms with Crippen molar-refractivity contribution >= 4 is 34.0 Å². The molecule has 1 saturated heterocycles. The monoisotopic (exact) mass is 449 g/mol. The van der Waals surface area contributed by atoms with Gasteiger partial charge in [0.25, 0.3) is 0 Å². The van der Waals surface area contributed by atoms with E-state index in [9.17, 15) is 10.1 Å². The van der Waals surface area contributed by atoms with Crippen molar-refractivity contribution in [2.75, 3.05) is 31.2 Å². The topological polar surface area (TPSA) is 75.5 Å². The minimum Gasteiger partial charge on any atom is -0.491 e. The molecule has 1 aromatic heterocycles. The van der Waals surface area contributed by atoms with Crippen LogP contribution in [0.25, 0.3) is 10.8 Å². The Hall–Kier alpha value is -3.30. The average Bonchev–Trinajstić information content (AvgIpc) is 2.84. The highest BCUT2D eigenvalue weighted by atomic mass is 35.5. The maximum absolute atomic E-state index is 13.0. The van der Waals surface area contributed by atoms with E-state index in [1.165, 1.54) is 0 Å². The molecule has 0 unspecified atom stereocenters. The van der Waals surface area contributed by atoms with Crippen LogP contribution >= 0.6 is 11.6 Å². The molecule has 1 aliphatic rings. The van der Waals surface area contributed by atoms with Gasteiger partial charge in [0, 0.05) is 36.6 Å². The van der Waals surface area contributed by atoms with Gasteiger partial charge in [-0.2, -0.15) is 5.26 Å². The summed E-state index contributed by atoms with van der Waals surface area (Å²) in [6, 6.07) is 15.1. The van der Waals surface area contributed by atoms with Gasteiger partial charge in [0.1, 0.15) is 17.8 Å². The molecule has 0 saturated carbocycles. The van der Waals surface area contributed by atoms with E-state index >= 15 is 0 Å². The van der Waals surface area contributed by atoms with Crippen molar-refractivity contribution in [3.63, 3.8) is 0 Å². The minimum atomic E-state index is -0.744. The number of anilines is 1. The number of fused-ring (bicyclic) bond motifs is 1. The lowest BCUT2D eigenvalue weighted by molar-refractivity contribution is -0.159. The van der Waals surface area contributed by atoms with Crippen LogP contribution in [0.3, 0.4) is 0 Å². The molecule has 0 N–H and O–H groups in total. The minimum absolute atomic E-state index is 0.180. The van der Waals surface area contributed by atoms with Crippen LogP contribution < -0.4 is 9.64 Å². The summed E-state index contributed by atoms with van der Waals surface area (Å²) in [7, 11) is 0. The molecule has 0 bridgehead atoms. The number of aromatic nitrogens is 1. The quantitative estimate of drug-likeness (QED) is 0.493. The van der Waals surface area contributed by atoms with E-state index in [0.29, 0.717) is 48.9 Å². The van der Waals surface area contributed by atoms with E-state index in [4.69, 9.17) is 21.1 Å². The molecule has 2 aromatic carbocycles. The summed E-state index contributed by atoms with van der Waals surface area (Å²) < 4.78 is 11.6. The lowest BCUT2D eigenvalue weighted by Crippen LogP contribution is -2.48. The number of esters is 1. The third-order valence-corrected chi connectivity index (χ3v) is 6.40. The second kappa shape index (κ2) is 9.46. The van der Waals surface area contributed by atoms with Crippen LogP contribution in [0.15, 0.2) is 54.9 Å². The number of halogens is 1. The number of pyridine rings is 1. The predicted octanol–water partition coefficient (Wildman–Crippen LogP) is 4.99. The Labute approximate surface area is 192 Å². The van der Waals surface area contributed by atoms with Crippen LogP contribution in [0, 0.1) is 16.7 Å². The Morgan fingerprint density at radius 3 is 2.59 bits per heavy atom. The summed E-state index contributed by atoms with van der Waals surface area (Å²) in [6.45, 7) is 3.74. The lowest BCUT2D eigenvalue weighted by Gasteiger charge is -2.40. The van der Waals surface area contributed by atoms with Gasteiger partial charge in [0.2, 0.25) is 0 Å². The number of hydrogen-bond acceptors (Lipinski definition) is 6. The van der Waals surface area contributed by atoms with E-state index < -0.39 is 5.41 Å². The molecule has 1 aliphatic heterocycles. The van der Waals surface area contributed by atoms with Crippen LogP contribution in [0.5, 0.6) is 5.75 Å². The highest BCUT2D eigenvalue weighted by molar-refractivity contribution is 6.37. The molecule has 0 radical (unpaired) electrons. The highest BCUT2D eigenvalue weighted by Gasteiger charge is 2.44. The molecule has 0 spiro atoms. The number of nitriles is 1. The van der Waals surface area contributed by atoms with Gasteiger partial charge >= 0.3 is 5.97 Å². The van der Waals surface area contributed by atoms with Gasteiger partial charge in [-0.3, -0.25) is 9.78 Å². The smallest absolute Gasteiger partial charge is 0.315 e. The Morgan fingerprint density at radius 1 is 1.19 bits per heavy atom. The Morgan fingerprint density at radius 2 is 1.91 bits per heavy atom. The fourth-order valence-corrected chi connectivity index (χ4v) is 4.38. The zero-order chi connectivity index (χ0) is 22.6. The SMILES string of the molecule is CCOC(=O)C1(COc2ccc3ccc(C#N)cc3c2Cl)CCN(c2ccncc2)CC1. The first-order valence-corrected chi connectivity index (χ1v) is 11.0. The molecule has 1 fully saturated rings. The van der Waals surface area contributed by atoms with Crippen molar-refractivity contribution in [2.45, 2.75) is 19.8 Å². The maximum atomic E-state index is 13.0. The Kier molecular flexibility index (Phi) is 6.48. The standard InChI is InChI=1S/C25H24ClN3O3/c1-2-31-24(30)25(9-13-29(14-10-25)20-7-11-28-12-8-20)17-32-22-6-5-19-4-3-18(16-27)15-21(19)23(22)26/h3-8,11-12,15H,2,9-10,13-14,17H2,1H3. The summed E-state index contributed by atoms with van der Waals surface area (Å²) in [5, 5.41) is 11.3. The molecule has 6 nitrogen and oxygen atoms in total. The summed E-state index contributed by atoms with van der Waals surface area (Å²) in [4.78, 5) is 19.3. The van der Waals surface area contributed by atoms with Gasteiger partial charge in [0.15, 0.2) is 0 Å². The average molecular weight is 450 g/mol. The van der Waals surface area contributed by atoms with Crippen molar-refractivity contribution < 1.29 is 14.3 Å². The zero-order valence-electron chi connectivity index (χ0n) is 17.9. The molecule has 0 amide bonds. The van der Waals surface area contributed by atoms with Crippen molar-refractivity contribution in [1.82, 2.24) is 4.98 Å². The van der Waals surface area contributed by atoms with E-state index in [2.05, 4.69) is 16.0 Å². The molecular weight excluding hydrogens is 426 g/mol. The molecule has 164 valence electrons. The number of rotatable bonds is 6. The van der Waals surface area contributed by atoms with Crippen LogP contribution in [0.2, 0.25) is 5.02 Å². The number of hydrogen-bond donors (Lipinski definition) is 0. The Bertz CT molecular complexity index is 1150. The van der Waals surface area contributed by atoms with Crippen molar-refractivity contribution in [2.24, 2.45) is 5.41 Å². The second-order valence-electron chi connectivity index (χ2n) is 7.91. The van der Waals surface area contributed by atoms with Crippen molar-refractivity contribution in [1.29, 1.82) is 5.26 Å². The largest absolute Gasteiger partial charge is 0.491 e. The Balaban J connectivity index is 1.55. The molecule has 3 aromatic rings. The van der Waals surface area contributed by atoms with E-state index in [1.807, 2.05) is 37.3 Å². The van der Waals surface area contributed by atoms with Crippen LogP contribution in [-0.2, 0) is 9.53 Å². The van der Waals surface area contributed by atoms with Gasteiger partial charge in [-0.15, -0.1) is 0 Å². The number of benzene rings is 2. The molecule has 0 aliphatic carbocycles. The van der Waals surface area contributed by atoms with Gasteiger partial charge < -0.3 is 14.4 Å². The molecule has 2 heterocycles. The van der Waals surface area contributed by atoms with Crippen molar-refractivity contribution in [3.8, 4) is 11.8 Å². The first-order chi connectivity index (χ1) is 15.6. The lowest BCUT2D eigenvalue weighted by atomic mass is 9.79. The maximum Gasteiger partial charge on any atom is 0.315 e. The van der Waals surface area contributed by atoms with Crippen LogP contribution in [-0.4, -0.2) is 37.3 Å². The zero-order valence-corrected chi connectivity index (χ0v) is 18.6. The fourth-order valence-electron chi connectivity index (χ4n) is 4.10. The van der Waals surface area contributed by atoms with Crippen LogP contribution in [0.4, 0.5) is 5.69 Å². The number of carbonyl (C=O) groups is 1. The van der Waals surface area contributed by atoms with E-state index in [-0.39, 0.29) is 12.6 Å². The normalized spacial score (nSPS) is 15.2. The summed E-state index contributed by atoms with van der Waals surface area (Å²) in [6.07, 6.45) is 4.76. The first-order valence-electron chi connectivity index (χ1n) is 10.6. The number of nitrogens with zero attached hydrogens (tertiary/aromatic N) is 3. The fraction of sp³-hybridized carbons (Fsp3) is 0.320. The molecule has 32 heavy (non-hydrogen) atoms. The van der Waals surface area contributed by atoms with Gasteiger partial charge in [-0.25, -0.2) is 0 Å². The summed E-state index contributed by atoms with van der Waals surface area (Å²) in [5.41, 5.74) is 0.874. The third kappa shape index (κ3) is 4.35. The number of ether oxygens (including phenoxy) is 2. The van der Waals surface area contributed by atoms with E-state index in [0.717, 1.165) is 16.5 Å². The van der Waals surface area contributed by atoms with Crippen LogP contribution in [0.1, 0.15) is 25.3 Å². The summed E-state index contributed by atoms with van der Waals surface area (Å²) >= 11 is 6.61. The number of carbonyl (C=O) groups excluding carboxylic acids is 1. The first kappa shape index (κ1) is 21.9. The predicted molar refractivity (Wildman–Crippen MR) is 124 cm³/mol. The molecule has 7 heteroatoms. The third-order valence-electron chi connectivity index (χ3n) is 6.01. The second-order valence-corrected chi connectivity index (χ2v) is 8.29. The van der Waals surface area contributed by atoms with Gasteiger partial charge in [-0.05, 0) is 55.5 Å². The van der Waals surface area contributed by atoms with Gasteiger partial charge in [-0.1, -0.05) is 23.7 Å². The van der Waals surface area contributed by atoms with Gasteiger partial charge in [0.05, 0.1) is 23.3 Å².